The molecule has 0 atom stereocenters. The van der Waals surface area contributed by atoms with Crippen molar-refractivity contribution in [2.45, 2.75) is 0 Å². The molecule has 0 spiro atoms. The fourth-order valence-corrected chi connectivity index (χ4v) is 2.46. The van der Waals surface area contributed by atoms with Gasteiger partial charge in [0.2, 0.25) is 6.79 Å². The molecule has 0 aliphatic carbocycles. The molecule has 22 heavy (non-hydrogen) atoms. The van der Waals surface area contributed by atoms with Crippen molar-refractivity contribution in [3.63, 3.8) is 0 Å². The zero-order valence-electron chi connectivity index (χ0n) is 11.4. The summed E-state index contributed by atoms with van der Waals surface area (Å²) < 4.78 is 10.6. The van der Waals surface area contributed by atoms with Crippen LogP contribution in [-0.2, 0) is 0 Å². The van der Waals surface area contributed by atoms with Crippen LogP contribution in [0.3, 0.4) is 0 Å². The summed E-state index contributed by atoms with van der Waals surface area (Å²) in [5, 5.41) is 10.6. The molecule has 108 valence electrons. The van der Waals surface area contributed by atoms with Crippen molar-refractivity contribution < 1.29 is 19.4 Å². The van der Waals surface area contributed by atoms with Gasteiger partial charge < -0.3 is 14.6 Å². The highest BCUT2D eigenvalue weighted by atomic mass is 16.7. The first-order valence-electron chi connectivity index (χ1n) is 6.74. The summed E-state index contributed by atoms with van der Waals surface area (Å²) in [7, 11) is 0. The van der Waals surface area contributed by atoms with Gasteiger partial charge in [-0.1, -0.05) is 12.1 Å². The van der Waals surface area contributed by atoms with Crippen LogP contribution in [0.1, 0.15) is 15.9 Å². The number of hydrogen-bond donors (Lipinski definition) is 1. The van der Waals surface area contributed by atoms with Crippen LogP contribution in [0.4, 0.5) is 0 Å². The molecule has 1 aliphatic rings. The molecule has 3 aromatic rings. The monoisotopic (exact) mass is 293 g/mol. The predicted octanol–water partition coefficient (Wildman–Crippen LogP) is 2.90. The smallest absolute Gasteiger partial charge is 0.231 e. The van der Waals surface area contributed by atoms with E-state index in [2.05, 4.69) is 4.98 Å². The molecule has 0 radical (unpaired) electrons. The number of carbonyl (C=O) groups excluding carboxylic acids is 1. The van der Waals surface area contributed by atoms with Crippen LogP contribution in [0.2, 0.25) is 0 Å². The van der Waals surface area contributed by atoms with E-state index in [-0.39, 0.29) is 23.9 Å². The zero-order valence-corrected chi connectivity index (χ0v) is 11.4. The molecule has 1 N–H and O–H groups in total. The first-order chi connectivity index (χ1) is 10.7. The quantitative estimate of drug-likeness (QED) is 0.736. The maximum atomic E-state index is 12.5. The molecule has 2 heterocycles. The molecule has 0 saturated carbocycles. The van der Waals surface area contributed by atoms with Crippen molar-refractivity contribution in [3.05, 3.63) is 59.8 Å². The zero-order chi connectivity index (χ0) is 15.1. The number of nitrogens with zero attached hydrogens (tertiary/aromatic N) is 1. The van der Waals surface area contributed by atoms with E-state index in [4.69, 9.17) is 9.47 Å². The van der Waals surface area contributed by atoms with Crippen molar-refractivity contribution in [2.75, 3.05) is 6.79 Å². The summed E-state index contributed by atoms with van der Waals surface area (Å²) >= 11 is 0. The molecule has 2 aromatic carbocycles. The van der Waals surface area contributed by atoms with Gasteiger partial charge in [-0.05, 0) is 24.3 Å². The first-order valence-corrected chi connectivity index (χ1v) is 6.74. The summed E-state index contributed by atoms with van der Waals surface area (Å²) in [6.45, 7) is 0.190. The van der Waals surface area contributed by atoms with E-state index in [1.165, 1.54) is 12.3 Å². The number of fused-ring (bicyclic) bond motifs is 2. The second kappa shape index (κ2) is 4.73. The number of phenols is 1. The molecular formula is C17H11NO4. The third-order valence-electron chi connectivity index (χ3n) is 3.59. The van der Waals surface area contributed by atoms with Gasteiger partial charge in [-0.3, -0.25) is 9.78 Å². The van der Waals surface area contributed by atoms with Crippen molar-refractivity contribution in [1.29, 1.82) is 0 Å². The molecule has 0 amide bonds. The van der Waals surface area contributed by atoms with Gasteiger partial charge in [0.15, 0.2) is 17.3 Å². The number of pyridine rings is 1. The van der Waals surface area contributed by atoms with Crippen LogP contribution >= 0.6 is 0 Å². The van der Waals surface area contributed by atoms with Gasteiger partial charge in [-0.2, -0.15) is 0 Å². The lowest BCUT2D eigenvalue weighted by atomic mass is 10.0. The van der Waals surface area contributed by atoms with Crippen LogP contribution in [-0.4, -0.2) is 22.7 Å². The highest BCUT2D eigenvalue weighted by Crippen LogP contribution is 2.35. The number of phenolic OH excluding ortho intramolecular Hbond substituents is 1. The molecule has 5 nitrogen and oxygen atoms in total. The standard InChI is InChI=1S/C17H11NO4/c19-14-4-2-1-3-12(14)17(20)11-5-10-6-15-16(22-9-21-15)7-13(10)18-8-11/h1-8,19H,9H2. The van der Waals surface area contributed by atoms with Crippen molar-refractivity contribution in [1.82, 2.24) is 4.98 Å². The van der Waals surface area contributed by atoms with Gasteiger partial charge in [0.1, 0.15) is 5.75 Å². The molecule has 1 aromatic heterocycles. The number of ether oxygens (including phenoxy) is 2. The predicted molar refractivity (Wildman–Crippen MR) is 79.4 cm³/mol. The van der Waals surface area contributed by atoms with Crippen LogP contribution in [0.15, 0.2) is 48.7 Å². The lowest BCUT2D eigenvalue weighted by molar-refractivity contribution is 0.103. The average molecular weight is 293 g/mol. The largest absolute Gasteiger partial charge is 0.507 e. The third-order valence-corrected chi connectivity index (χ3v) is 3.59. The first kappa shape index (κ1) is 12.6. The number of para-hydroxylation sites is 1. The molecule has 0 fully saturated rings. The van der Waals surface area contributed by atoms with Crippen molar-refractivity contribution in [2.24, 2.45) is 0 Å². The van der Waals surface area contributed by atoms with Crippen molar-refractivity contribution >= 4 is 16.7 Å². The van der Waals surface area contributed by atoms with Gasteiger partial charge >= 0.3 is 0 Å². The Morgan fingerprint density at radius 3 is 2.68 bits per heavy atom. The summed E-state index contributed by atoms with van der Waals surface area (Å²) in [6, 6.07) is 11.8. The molecule has 1 aliphatic heterocycles. The Hall–Kier alpha value is -3.08. The van der Waals surface area contributed by atoms with E-state index in [0.29, 0.717) is 17.1 Å². The van der Waals surface area contributed by atoms with Crippen LogP contribution in [0.5, 0.6) is 17.2 Å². The Morgan fingerprint density at radius 2 is 1.86 bits per heavy atom. The summed E-state index contributed by atoms with van der Waals surface area (Å²) in [6.07, 6.45) is 1.50. The van der Waals surface area contributed by atoms with E-state index in [1.54, 1.807) is 36.4 Å². The molecule has 0 bridgehead atoms. The van der Waals surface area contributed by atoms with Crippen LogP contribution < -0.4 is 9.47 Å². The Kier molecular flexibility index (Phi) is 2.72. The summed E-state index contributed by atoms with van der Waals surface area (Å²) in [4.78, 5) is 16.8. The highest BCUT2D eigenvalue weighted by molar-refractivity contribution is 6.11. The van der Waals surface area contributed by atoms with E-state index < -0.39 is 0 Å². The lowest BCUT2D eigenvalue weighted by Gasteiger charge is -2.05. The van der Waals surface area contributed by atoms with Gasteiger partial charge in [-0.15, -0.1) is 0 Å². The van der Waals surface area contributed by atoms with Gasteiger partial charge in [-0.25, -0.2) is 0 Å². The second-order valence-electron chi connectivity index (χ2n) is 4.97. The Labute approximate surface area is 125 Å². The molecule has 0 saturated heterocycles. The van der Waals surface area contributed by atoms with Crippen LogP contribution in [0, 0.1) is 0 Å². The molecular weight excluding hydrogens is 282 g/mol. The van der Waals surface area contributed by atoms with Gasteiger partial charge in [0, 0.05) is 23.2 Å². The molecule has 0 unspecified atom stereocenters. The molecule has 5 heteroatoms. The fraction of sp³-hybridized carbons (Fsp3) is 0.0588. The molecule has 4 rings (SSSR count). The topological polar surface area (TPSA) is 68.7 Å². The van der Waals surface area contributed by atoms with Crippen molar-refractivity contribution in [3.8, 4) is 17.2 Å². The number of carbonyl (C=O) groups is 1. The Morgan fingerprint density at radius 1 is 1.09 bits per heavy atom. The highest BCUT2D eigenvalue weighted by Gasteiger charge is 2.17. The normalized spacial score (nSPS) is 12.5. The summed E-state index contributed by atoms with van der Waals surface area (Å²) in [5.74, 6) is 0.977. The summed E-state index contributed by atoms with van der Waals surface area (Å²) in [5.41, 5.74) is 1.38. The van der Waals surface area contributed by atoms with Gasteiger partial charge in [0.05, 0.1) is 11.1 Å². The second-order valence-corrected chi connectivity index (χ2v) is 4.97. The van der Waals surface area contributed by atoms with E-state index in [1.807, 2.05) is 0 Å². The Balaban J connectivity index is 1.81. The number of aromatic hydroxyl groups is 1. The maximum absolute atomic E-state index is 12.5. The number of ketones is 1. The van der Waals surface area contributed by atoms with E-state index >= 15 is 0 Å². The number of rotatable bonds is 2. The maximum Gasteiger partial charge on any atom is 0.231 e. The van der Waals surface area contributed by atoms with E-state index in [9.17, 15) is 9.90 Å². The van der Waals surface area contributed by atoms with Gasteiger partial charge in [0.25, 0.3) is 0 Å². The minimum atomic E-state index is -0.273. The SMILES string of the molecule is O=C(c1cnc2cc3c(cc2c1)OCO3)c1ccccc1O. The fourth-order valence-electron chi connectivity index (χ4n) is 2.46. The lowest BCUT2D eigenvalue weighted by Crippen LogP contribution is -2.02. The Bertz CT molecular complexity index is 904. The van der Waals surface area contributed by atoms with Crippen LogP contribution in [0.25, 0.3) is 10.9 Å². The average Bonchev–Trinajstić information content (AvgIpc) is 2.99. The van der Waals surface area contributed by atoms with E-state index in [0.717, 1.165) is 10.9 Å². The number of aromatic nitrogens is 1. The minimum Gasteiger partial charge on any atom is -0.507 e. The number of benzene rings is 2. The number of hydrogen-bond acceptors (Lipinski definition) is 5. The third kappa shape index (κ3) is 1.95. The minimum absolute atomic E-state index is 0.0433.